The van der Waals surface area contributed by atoms with Crippen molar-refractivity contribution in [2.24, 2.45) is 0 Å². The Balaban J connectivity index is 3.04. The molecule has 2 atom stereocenters. The minimum Gasteiger partial charge on any atom is -0.386 e. The van der Waals surface area contributed by atoms with Crippen molar-refractivity contribution in [3.8, 4) is 0 Å². The van der Waals surface area contributed by atoms with Crippen LogP contribution in [0, 0.1) is 6.92 Å². The van der Waals surface area contributed by atoms with Gasteiger partial charge in [-0.15, -0.1) is 11.3 Å². The Morgan fingerprint density at radius 2 is 1.94 bits per heavy atom. The van der Waals surface area contributed by atoms with Gasteiger partial charge in [0.2, 0.25) is 0 Å². The van der Waals surface area contributed by atoms with Gasteiger partial charge in [-0.2, -0.15) is 0 Å². The first kappa shape index (κ1) is 14.7. The third-order valence-electron chi connectivity index (χ3n) is 3.94. The quantitative estimate of drug-likeness (QED) is 0.839. The Kier molecular flexibility index (Phi) is 5.17. The predicted molar refractivity (Wildman–Crippen MR) is 75.6 cm³/mol. The summed E-state index contributed by atoms with van der Waals surface area (Å²) in [6, 6.07) is 2.08. The zero-order valence-electron chi connectivity index (χ0n) is 11.7. The largest absolute Gasteiger partial charge is 0.386 e. The van der Waals surface area contributed by atoms with Crippen LogP contribution in [0.25, 0.3) is 0 Å². The van der Waals surface area contributed by atoms with Crippen molar-refractivity contribution in [3.05, 3.63) is 21.9 Å². The maximum absolute atomic E-state index is 10.7. The van der Waals surface area contributed by atoms with Crippen LogP contribution in [0.1, 0.15) is 50.7 Å². The molecule has 0 aliphatic rings. The summed E-state index contributed by atoms with van der Waals surface area (Å²) in [4.78, 5) is 3.47. The molecule has 2 nitrogen and oxygen atoms in total. The molecule has 17 heavy (non-hydrogen) atoms. The summed E-state index contributed by atoms with van der Waals surface area (Å²) in [5, 5.41) is 12.8. The van der Waals surface area contributed by atoms with Crippen molar-refractivity contribution >= 4 is 11.3 Å². The topological polar surface area (TPSA) is 23.5 Å². The minimum atomic E-state index is -0.396. The van der Waals surface area contributed by atoms with Gasteiger partial charge in [-0.1, -0.05) is 20.8 Å². The molecule has 0 aliphatic heterocycles. The third-order valence-corrected chi connectivity index (χ3v) is 5.01. The average molecular weight is 255 g/mol. The molecule has 0 amide bonds. The lowest BCUT2D eigenvalue weighted by molar-refractivity contribution is -0.0197. The van der Waals surface area contributed by atoms with Crippen LogP contribution >= 0.6 is 11.3 Å². The van der Waals surface area contributed by atoms with E-state index in [1.165, 1.54) is 5.56 Å². The molecule has 3 heteroatoms. The van der Waals surface area contributed by atoms with Gasteiger partial charge in [0.25, 0.3) is 0 Å². The molecule has 0 bridgehead atoms. The molecule has 1 rings (SSSR count). The number of rotatable bonds is 6. The monoisotopic (exact) mass is 255 g/mol. The first-order valence-corrected chi connectivity index (χ1v) is 7.36. The smallest absolute Gasteiger partial charge is 0.106 e. The Morgan fingerprint density at radius 1 is 1.35 bits per heavy atom. The number of aliphatic hydroxyl groups excluding tert-OH is 1. The van der Waals surface area contributed by atoms with Gasteiger partial charge in [0.1, 0.15) is 6.10 Å². The van der Waals surface area contributed by atoms with Crippen LogP contribution in [0.5, 0.6) is 0 Å². The molecule has 0 fully saturated rings. The molecule has 1 N–H and O–H groups in total. The molecule has 0 saturated heterocycles. The Hall–Kier alpha value is -0.380. The van der Waals surface area contributed by atoms with E-state index >= 15 is 0 Å². The molecular formula is C14H25NOS. The van der Waals surface area contributed by atoms with Gasteiger partial charge in [-0.25, -0.2) is 0 Å². The van der Waals surface area contributed by atoms with E-state index in [9.17, 15) is 5.11 Å². The number of likely N-dealkylation sites (N-methyl/N-ethyl adjacent to an activating group) is 1. The fourth-order valence-electron chi connectivity index (χ4n) is 2.48. The number of aliphatic hydroxyl groups is 1. The van der Waals surface area contributed by atoms with Gasteiger partial charge < -0.3 is 5.11 Å². The molecule has 1 heterocycles. The zero-order chi connectivity index (χ0) is 13.1. The van der Waals surface area contributed by atoms with Crippen molar-refractivity contribution in [2.75, 3.05) is 13.1 Å². The third kappa shape index (κ3) is 2.72. The number of thiophene rings is 1. The lowest BCUT2D eigenvalue weighted by atomic mass is 9.87. The van der Waals surface area contributed by atoms with Crippen LogP contribution in [0.3, 0.4) is 0 Å². The van der Waals surface area contributed by atoms with E-state index < -0.39 is 6.10 Å². The highest BCUT2D eigenvalue weighted by atomic mass is 32.1. The first-order valence-electron chi connectivity index (χ1n) is 6.48. The van der Waals surface area contributed by atoms with Crippen molar-refractivity contribution in [1.82, 2.24) is 4.90 Å². The van der Waals surface area contributed by atoms with Gasteiger partial charge >= 0.3 is 0 Å². The van der Waals surface area contributed by atoms with Gasteiger partial charge in [0, 0.05) is 10.4 Å². The second kappa shape index (κ2) is 5.98. The van der Waals surface area contributed by atoms with Crippen LogP contribution in [-0.2, 0) is 0 Å². The Bertz CT molecular complexity index is 346. The number of aryl methyl sites for hydroxylation is 1. The van der Waals surface area contributed by atoms with E-state index in [4.69, 9.17) is 0 Å². The molecule has 98 valence electrons. The molecule has 0 aliphatic carbocycles. The van der Waals surface area contributed by atoms with E-state index in [0.29, 0.717) is 0 Å². The van der Waals surface area contributed by atoms with Crippen LogP contribution in [0.15, 0.2) is 11.4 Å². The summed E-state index contributed by atoms with van der Waals surface area (Å²) in [5.41, 5.74) is 1.04. The van der Waals surface area contributed by atoms with Crippen LogP contribution in [0.2, 0.25) is 0 Å². The van der Waals surface area contributed by atoms with Gasteiger partial charge in [0.05, 0.1) is 0 Å². The molecule has 0 saturated carbocycles. The lowest BCUT2D eigenvalue weighted by Gasteiger charge is -2.43. The average Bonchev–Trinajstić information content (AvgIpc) is 2.75. The molecule has 2 unspecified atom stereocenters. The fourth-order valence-corrected chi connectivity index (χ4v) is 3.54. The van der Waals surface area contributed by atoms with E-state index in [0.717, 1.165) is 24.4 Å². The SMILES string of the molecule is CCN(CC)C(C)(CC)C(O)c1sccc1C. The predicted octanol–water partition coefficient (Wildman–Crippen LogP) is 3.60. The highest BCUT2D eigenvalue weighted by molar-refractivity contribution is 7.10. The minimum absolute atomic E-state index is 0.168. The molecule has 1 aromatic heterocycles. The van der Waals surface area contributed by atoms with Crippen molar-refractivity contribution in [3.63, 3.8) is 0 Å². The van der Waals surface area contributed by atoms with E-state index in [-0.39, 0.29) is 5.54 Å². The second-order valence-electron chi connectivity index (χ2n) is 4.75. The summed E-state index contributed by atoms with van der Waals surface area (Å²) in [6.07, 6.45) is 0.556. The molecule has 0 aromatic carbocycles. The number of hydrogen-bond acceptors (Lipinski definition) is 3. The van der Waals surface area contributed by atoms with E-state index in [1.54, 1.807) is 11.3 Å². The number of nitrogens with zero attached hydrogens (tertiary/aromatic N) is 1. The summed E-state index contributed by atoms with van der Waals surface area (Å²) in [7, 11) is 0. The zero-order valence-corrected chi connectivity index (χ0v) is 12.5. The number of hydrogen-bond donors (Lipinski definition) is 1. The maximum atomic E-state index is 10.7. The van der Waals surface area contributed by atoms with Crippen molar-refractivity contribution in [2.45, 2.75) is 52.7 Å². The summed E-state index contributed by atoms with van der Waals surface area (Å²) in [6.45, 7) is 12.7. The van der Waals surface area contributed by atoms with Gasteiger partial charge in [0.15, 0.2) is 0 Å². The second-order valence-corrected chi connectivity index (χ2v) is 5.70. The summed E-state index contributed by atoms with van der Waals surface area (Å²) < 4.78 is 0. The van der Waals surface area contributed by atoms with Gasteiger partial charge in [-0.05, 0) is 50.4 Å². The molecule has 1 aromatic rings. The molecular weight excluding hydrogens is 230 g/mol. The van der Waals surface area contributed by atoms with E-state index in [1.807, 2.05) is 0 Å². The van der Waals surface area contributed by atoms with E-state index in [2.05, 4.69) is 51.0 Å². The Labute approximate surface area is 109 Å². The maximum Gasteiger partial charge on any atom is 0.106 e. The molecule has 0 spiro atoms. The highest BCUT2D eigenvalue weighted by Crippen LogP contribution is 2.37. The summed E-state index contributed by atoms with van der Waals surface area (Å²) in [5.74, 6) is 0. The lowest BCUT2D eigenvalue weighted by Crippen LogP contribution is -2.50. The van der Waals surface area contributed by atoms with Crippen LogP contribution < -0.4 is 0 Å². The van der Waals surface area contributed by atoms with Crippen LogP contribution in [0.4, 0.5) is 0 Å². The Morgan fingerprint density at radius 3 is 2.29 bits per heavy atom. The van der Waals surface area contributed by atoms with Crippen molar-refractivity contribution < 1.29 is 5.11 Å². The van der Waals surface area contributed by atoms with Crippen molar-refractivity contribution in [1.29, 1.82) is 0 Å². The summed E-state index contributed by atoms with van der Waals surface area (Å²) >= 11 is 1.66. The van der Waals surface area contributed by atoms with Crippen LogP contribution in [-0.4, -0.2) is 28.6 Å². The standard InChI is InChI=1S/C14H25NOS/c1-6-14(5,15(7-2)8-3)13(16)12-11(4)9-10-17-12/h9-10,13,16H,6-8H2,1-5H3. The van der Waals surface area contributed by atoms with Gasteiger partial charge in [-0.3, -0.25) is 4.90 Å². The highest BCUT2D eigenvalue weighted by Gasteiger charge is 2.37. The first-order chi connectivity index (χ1) is 8.01. The molecule has 0 radical (unpaired) electrons. The normalized spacial score (nSPS) is 17.1. The fraction of sp³-hybridized carbons (Fsp3) is 0.714.